The SMILES string of the molecule is CC1=C(C)C(=O)[C@@]2(C)[C@@H](c3ccc(O)c(C)c3)C3=CC[C@@H]4C(=O)N(c5ccc(Cl)cc5)C(=O)[C@@H]4[C@@H]3C[C@H]2C1=O. The van der Waals surface area contributed by atoms with Crippen LogP contribution in [-0.2, 0) is 19.2 Å². The number of hydrogen-bond acceptors (Lipinski definition) is 5. The van der Waals surface area contributed by atoms with Crippen molar-refractivity contribution in [3.63, 3.8) is 0 Å². The molecule has 0 aromatic heterocycles. The molecule has 0 bridgehead atoms. The lowest BCUT2D eigenvalue weighted by Crippen LogP contribution is -2.55. The second kappa shape index (κ2) is 8.75. The highest BCUT2D eigenvalue weighted by Crippen LogP contribution is 2.63. The molecule has 6 rings (SSSR count). The number of amides is 2. The molecule has 7 heteroatoms. The number of nitrogens with zero attached hydrogens (tertiary/aromatic N) is 1. The number of phenolic OH excluding ortho intramolecular Hbond substituents is 1. The van der Waals surface area contributed by atoms with Gasteiger partial charge in [-0.3, -0.25) is 24.1 Å². The number of anilines is 1. The third-order valence-corrected chi connectivity index (χ3v) is 10.1. The quantitative estimate of drug-likeness (QED) is 0.387. The standard InChI is InChI=1S/C32H30ClNO5/c1-15-13-18(5-12-25(15)35)27-21-10-11-22-26(31(39)34(30(22)38)20-8-6-19(33)7-9-20)23(21)14-24-28(36)16(2)17(3)29(37)32(24,27)4/h5-10,12-13,22-24,26-27,35H,11,14H2,1-4H3/t22-,23+,24-,26-,27-,32+/m0/s1. The highest BCUT2D eigenvalue weighted by atomic mass is 35.5. The van der Waals surface area contributed by atoms with Crippen LogP contribution in [0.2, 0.25) is 5.02 Å². The minimum Gasteiger partial charge on any atom is -0.508 e. The molecule has 3 aliphatic carbocycles. The molecule has 1 heterocycles. The van der Waals surface area contributed by atoms with Crippen LogP contribution in [0.5, 0.6) is 5.75 Å². The van der Waals surface area contributed by atoms with E-state index in [1.54, 1.807) is 51.1 Å². The van der Waals surface area contributed by atoms with E-state index in [1.807, 2.05) is 25.1 Å². The molecular weight excluding hydrogens is 514 g/mol. The molecule has 2 amide bonds. The Morgan fingerprint density at radius 3 is 2.28 bits per heavy atom. The Hall–Kier alpha value is -3.51. The van der Waals surface area contributed by atoms with E-state index in [0.29, 0.717) is 40.3 Å². The van der Waals surface area contributed by atoms with Crippen LogP contribution in [0.25, 0.3) is 0 Å². The lowest BCUT2D eigenvalue weighted by atomic mass is 9.46. The number of rotatable bonds is 2. The molecule has 6 nitrogen and oxygen atoms in total. The van der Waals surface area contributed by atoms with Crippen molar-refractivity contribution in [1.29, 1.82) is 0 Å². The van der Waals surface area contributed by atoms with Crippen LogP contribution in [0, 0.1) is 36.0 Å². The number of carbonyl (C=O) groups is 4. The summed E-state index contributed by atoms with van der Waals surface area (Å²) in [4.78, 5) is 56.7. The highest BCUT2D eigenvalue weighted by molar-refractivity contribution is 6.31. The number of carbonyl (C=O) groups excluding carboxylic acids is 4. The average Bonchev–Trinajstić information content (AvgIpc) is 3.17. The topological polar surface area (TPSA) is 91.8 Å². The largest absolute Gasteiger partial charge is 0.508 e. The number of imide groups is 1. The number of allylic oxidation sites excluding steroid dienone is 4. The molecule has 1 saturated carbocycles. The van der Waals surface area contributed by atoms with Crippen molar-refractivity contribution in [3.8, 4) is 5.75 Å². The number of aryl methyl sites for hydroxylation is 1. The summed E-state index contributed by atoms with van der Waals surface area (Å²) in [6, 6.07) is 12.0. The fourth-order valence-corrected chi connectivity index (χ4v) is 7.79. The molecule has 0 unspecified atom stereocenters. The molecule has 1 N–H and O–H groups in total. The Kier molecular flexibility index (Phi) is 5.78. The normalized spacial score (nSPS) is 32.2. The zero-order chi connectivity index (χ0) is 28.0. The number of Topliss-reactive ketones (excluding diaryl/α,β-unsaturated/α-hetero) is 2. The molecule has 2 fully saturated rings. The van der Waals surface area contributed by atoms with Gasteiger partial charge >= 0.3 is 0 Å². The van der Waals surface area contributed by atoms with Gasteiger partial charge in [-0.2, -0.15) is 0 Å². The third-order valence-electron chi connectivity index (χ3n) is 9.81. The summed E-state index contributed by atoms with van der Waals surface area (Å²) >= 11 is 6.05. The van der Waals surface area contributed by atoms with Gasteiger partial charge in [0.25, 0.3) is 0 Å². The van der Waals surface area contributed by atoms with Gasteiger partial charge in [-0.15, -0.1) is 0 Å². The van der Waals surface area contributed by atoms with Crippen LogP contribution in [0.1, 0.15) is 50.7 Å². The summed E-state index contributed by atoms with van der Waals surface area (Å²) in [5.74, 6) is -3.09. The monoisotopic (exact) mass is 543 g/mol. The van der Waals surface area contributed by atoms with E-state index >= 15 is 0 Å². The molecule has 6 atom stereocenters. The van der Waals surface area contributed by atoms with Crippen molar-refractivity contribution in [1.82, 2.24) is 0 Å². The molecule has 1 aliphatic heterocycles. The van der Waals surface area contributed by atoms with Crippen LogP contribution in [0.4, 0.5) is 5.69 Å². The van der Waals surface area contributed by atoms with Crippen molar-refractivity contribution >= 4 is 40.7 Å². The molecule has 39 heavy (non-hydrogen) atoms. The first-order valence-electron chi connectivity index (χ1n) is 13.4. The first-order chi connectivity index (χ1) is 18.5. The second-order valence-corrected chi connectivity index (χ2v) is 12.1. The van der Waals surface area contributed by atoms with Gasteiger partial charge in [0.2, 0.25) is 11.8 Å². The van der Waals surface area contributed by atoms with Gasteiger partial charge in [0.1, 0.15) is 5.75 Å². The fraction of sp³-hybridized carbons (Fsp3) is 0.375. The minimum absolute atomic E-state index is 0.0570. The van der Waals surface area contributed by atoms with Gasteiger partial charge in [0.15, 0.2) is 11.6 Å². The van der Waals surface area contributed by atoms with E-state index in [0.717, 1.165) is 11.1 Å². The van der Waals surface area contributed by atoms with Crippen LogP contribution in [-0.4, -0.2) is 28.5 Å². The number of hydrogen-bond donors (Lipinski definition) is 1. The van der Waals surface area contributed by atoms with E-state index in [2.05, 4.69) is 0 Å². The maximum atomic E-state index is 14.0. The van der Waals surface area contributed by atoms with E-state index < -0.39 is 29.1 Å². The molecule has 1 saturated heterocycles. The van der Waals surface area contributed by atoms with Gasteiger partial charge in [-0.1, -0.05) is 42.3 Å². The van der Waals surface area contributed by atoms with Crippen LogP contribution in [0.3, 0.4) is 0 Å². The first-order valence-corrected chi connectivity index (χ1v) is 13.7. The van der Waals surface area contributed by atoms with Gasteiger partial charge in [-0.05, 0) is 92.1 Å². The second-order valence-electron chi connectivity index (χ2n) is 11.7. The van der Waals surface area contributed by atoms with E-state index in [9.17, 15) is 24.3 Å². The first kappa shape index (κ1) is 25.8. The molecular formula is C32H30ClNO5. The summed E-state index contributed by atoms with van der Waals surface area (Å²) in [6.07, 6.45) is 2.75. The Morgan fingerprint density at radius 2 is 1.62 bits per heavy atom. The Morgan fingerprint density at radius 1 is 0.923 bits per heavy atom. The lowest BCUT2D eigenvalue weighted by Gasteiger charge is -2.54. The number of fused-ring (bicyclic) bond motifs is 4. The maximum Gasteiger partial charge on any atom is 0.238 e. The number of benzene rings is 2. The predicted octanol–water partition coefficient (Wildman–Crippen LogP) is 5.70. The smallest absolute Gasteiger partial charge is 0.238 e. The van der Waals surface area contributed by atoms with Gasteiger partial charge in [0.05, 0.1) is 22.9 Å². The Bertz CT molecular complexity index is 1540. The zero-order valence-corrected chi connectivity index (χ0v) is 23.1. The summed E-state index contributed by atoms with van der Waals surface area (Å²) in [7, 11) is 0. The van der Waals surface area contributed by atoms with E-state index in [4.69, 9.17) is 11.6 Å². The van der Waals surface area contributed by atoms with Crippen molar-refractivity contribution in [2.75, 3.05) is 4.90 Å². The predicted molar refractivity (Wildman–Crippen MR) is 147 cm³/mol. The molecule has 0 spiro atoms. The van der Waals surface area contributed by atoms with Gasteiger partial charge in [0, 0.05) is 16.9 Å². The minimum atomic E-state index is -1.04. The lowest BCUT2D eigenvalue weighted by molar-refractivity contribution is -0.142. The zero-order valence-electron chi connectivity index (χ0n) is 22.3. The Balaban J connectivity index is 1.51. The molecule has 200 valence electrons. The summed E-state index contributed by atoms with van der Waals surface area (Å²) < 4.78 is 0. The summed E-state index contributed by atoms with van der Waals surface area (Å²) in [5.41, 5.74) is 2.83. The average molecular weight is 544 g/mol. The van der Waals surface area contributed by atoms with Crippen LogP contribution < -0.4 is 4.90 Å². The fourth-order valence-electron chi connectivity index (χ4n) is 7.66. The number of ketones is 2. The Labute approximate surface area is 232 Å². The van der Waals surface area contributed by atoms with Crippen molar-refractivity contribution in [3.05, 3.63) is 81.4 Å². The van der Waals surface area contributed by atoms with Gasteiger partial charge < -0.3 is 5.11 Å². The van der Waals surface area contributed by atoms with Crippen LogP contribution >= 0.6 is 11.6 Å². The number of halogens is 1. The van der Waals surface area contributed by atoms with E-state index in [1.165, 1.54) is 4.90 Å². The number of phenols is 1. The van der Waals surface area contributed by atoms with Crippen molar-refractivity contribution in [2.45, 2.75) is 46.5 Å². The number of aromatic hydroxyl groups is 1. The van der Waals surface area contributed by atoms with Crippen LogP contribution in [0.15, 0.2) is 65.3 Å². The van der Waals surface area contributed by atoms with Gasteiger partial charge in [-0.25, -0.2) is 0 Å². The molecule has 2 aromatic carbocycles. The highest BCUT2D eigenvalue weighted by Gasteiger charge is 2.64. The maximum absolute atomic E-state index is 14.0. The van der Waals surface area contributed by atoms with Crippen molar-refractivity contribution in [2.24, 2.45) is 29.1 Å². The molecule has 0 radical (unpaired) electrons. The molecule has 2 aromatic rings. The van der Waals surface area contributed by atoms with Crippen molar-refractivity contribution < 1.29 is 24.3 Å². The third kappa shape index (κ3) is 3.47. The molecule has 4 aliphatic rings. The summed E-state index contributed by atoms with van der Waals surface area (Å²) in [5, 5.41) is 10.8. The summed E-state index contributed by atoms with van der Waals surface area (Å²) in [6.45, 7) is 7.11. The van der Waals surface area contributed by atoms with E-state index in [-0.39, 0.29) is 35.0 Å².